The molecule has 0 aliphatic heterocycles. The van der Waals surface area contributed by atoms with Gasteiger partial charge in [0.05, 0.1) is 25.2 Å². The monoisotopic (exact) mass is 315 g/mol. The third-order valence-electron chi connectivity index (χ3n) is 3.19. The number of hydrogen-bond acceptors (Lipinski definition) is 6. The molecule has 0 N–H and O–H groups in total. The molecule has 0 saturated carbocycles. The number of nitro groups is 1. The Morgan fingerprint density at radius 3 is 2.04 bits per heavy atom. The van der Waals surface area contributed by atoms with Crippen molar-refractivity contribution >= 4 is 17.3 Å². The molecule has 0 fully saturated rings. The molecule has 0 bridgehead atoms. The van der Waals surface area contributed by atoms with Gasteiger partial charge in [0.2, 0.25) is 11.6 Å². The highest BCUT2D eigenvalue weighted by molar-refractivity contribution is 6.50. The quantitative estimate of drug-likeness (QED) is 0.352. The van der Waals surface area contributed by atoms with Crippen LogP contribution in [0.5, 0.6) is 11.5 Å². The van der Waals surface area contributed by atoms with Gasteiger partial charge in [-0.05, 0) is 0 Å². The minimum absolute atomic E-state index is 0.0999. The van der Waals surface area contributed by atoms with E-state index < -0.39 is 22.2 Å². The van der Waals surface area contributed by atoms with Gasteiger partial charge in [0.1, 0.15) is 5.56 Å². The number of ether oxygens (including phenoxy) is 2. The zero-order valence-corrected chi connectivity index (χ0v) is 12.4. The summed E-state index contributed by atoms with van der Waals surface area (Å²) in [6.45, 7) is 0. The molecule has 2 aromatic rings. The third kappa shape index (κ3) is 3.18. The topological polar surface area (TPSA) is 95.7 Å². The first-order chi connectivity index (χ1) is 11.0. The molecule has 0 amide bonds. The van der Waals surface area contributed by atoms with Crippen molar-refractivity contribution in [1.29, 1.82) is 0 Å². The van der Waals surface area contributed by atoms with Gasteiger partial charge >= 0.3 is 0 Å². The van der Waals surface area contributed by atoms with Crippen LogP contribution < -0.4 is 9.47 Å². The van der Waals surface area contributed by atoms with Crippen molar-refractivity contribution in [2.45, 2.75) is 0 Å². The number of methoxy groups -OCH3 is 2. The van der Waals surface area contributed by atoms with Crippen LogP contribution in [0.25, 0.3) is 0 Å². The predicted molar refractivity (Wildman–Crippen MR) is 81.3 cm³/mol. The van der Waals surface area contributed by atoms with Crippen LogP contribution in [-0.2, 0) is 0 Å². The fourth-order valence-corrected chi connectivity index (χ4v) is 2.04. The summed E-state index contributed by atoms with van der Waals surface area (Å²) in [7, 11) is 2.65. The summed E-state index contributed by atoms with van der Waals surface area (Å²) in [4.78, 5) is 35.1. The second-order valence-corrected chi connectivity index (χ2v) is 4.51. The maximum Gasteiger partial charge on any atom is 0.284 e. The molecule has 2 aromatic carbocycles. The molecule has 7 nitrogen and oxygen atoms in total. The summed E-state index contributed by atoms with van der Waals surface area (Å²) >= 11 is 0. The van der Waals surface area contributed by atoms with Crippen molar-refractivity contribution in [2.75, 3.05) is 14.2 Å². The minimum Gasteiger partial charge on any atom is -0.493 e. The highest BCUT2D eigenvalue weighted by Gasteiger charge is 2.29. The van der Waals surface area contributed by atoms with E-state index in [1.54, 1.807) is 18.2 Å². The van der Waals surface area contributed by atoms with Crippen LogP contribution in [0.4, 0.5) is 5.69 Å². The van der Waals surface area contributed by atoms with Crippen molar-refractivity contribution in [1.82, 2.24) is 0 Å². The predicted octanol–water partition coefficient (Wildman–Crippen LogP) is 2.68. The average molecular weight is 315 g/mol. The van der Waals surface area contributed by atoms with Gasteiger partial charge in [-0.2, -0.15) is 0 Å². The molecule has 0 heterocycles. The van der Waals surface area contributed by atoms with Crippen LogP contribution in [0, 0.1) is 10.1 Å². The van der Waals surface area contributed by atoms with Gasteiger partial charge in [-0.1, -0.05) is 30.3 Å². The number of nitro benzene ring substituents is 1. The summed E-state index contributed by atoms with van der Waals surface area (Å²) in [5, 5.41) is 11.2. The van der Waals surface area contributed by atoms with E-state index in [2.05, 4.69) is 0 Å². The third-order valence-corrected chi connectivity index (χ3v) is 3.19. The van der Waals surface area contributed by atoms with Crippen LogP contribution >= 0.6 is 0 Å². The molecule has 2 rings (SSSR count). The van der Waals surface area contributed by atoms with Gasteiger partial charge in [0.25, 0.3) is 5.69 Å². The minimum atomic E-state index is -0.983. The first-order valence-corrected chi connectivity index (χ1v) is 6.54. The van der Waals surface area contributed by atoms with Crippen LogP contribution in [-0.4, -0.2) is 30.7 Å². The Kier molecular flexibility index (Phi) is 4.70. The number of rotatable bonds is 6. The molecule has 0 aliphatic carbocycles. The van der Waals surface area contributed by atoms with Gasteiger partial charge in [0.15, 0.2) is 11.5 Å². The molecule has 0 radical (unpaired) electrons. The van der Waals surface area contributed by atoms with Crippen molar-refractivity contribution in [3.8, 4) is 11.5 Å². The van der Waals surface area contributed by atoms with Crippen LogP contribution in [0.1, 0.15) is 20.7 Å². The zero-order chi connectivity index (χ0) is 17.0. The highest BCUT2D eigenvalue weighted by Crippen LogP contribution is 2.35. The Morgan fingerprint density at radius 1 is 0.957 bits per heavy atom. The molecular weight excluding hydrogens is 302 g/mol. The van der Waals surface area contributed by atoms with Crippen LogP contribution in [0.15, 0.2) is 42.5 Å². The maximum atomic E-state index is 12.4. The number of ketones is 2. The van der Waals surface area contributed by atoms with Crippen molar-refractivity contribution < 1.29 is 24.0 Å². The van der Waals surface area contributed by atoms with E-state index in [4.69, 9.17) is 9.47 Å². The number of carbonyl (C=O) groups excluding carboxylic acids is 2. The molecular formula is C16H13NO6. The molecule has 0 aromatic heterocycles. The Hall–Kier alpha value is -3.22. The van der Waals surface area contributed by atoms with Crippen LogP contribution in [0.3, 0.4) is 0 Å². The number of nitrogens with zero attached hydrogens (tertiary/aromatic N) is 1. The van der Waals surface area contributed by atoms with Crippen molar-refractivity contribution in [2.24, 2.45) is 0 Å². The highest BCUT2D eigenvalue weighted by atomic mass is 16.6. The lowest BCUT2D eigenvalue weighted by atomic mass is 9.99. The van der Waals surface area contributed by atoms with E-state index >= 15 is 0 Å². The van der Waals surface area contributed by atoms with E-state index in [9.17, 15) is 19.7 Å². The maximum absolute atomic E-state index is 12.4. The summed E-state index contributed by atoms with van der Waals surface area (Å²) < 4.78 is 10.0. The first kappa shape index (κ1) is 16.2. The second kappa shape index (κ2) is 6.69. The average Bonchev–Trinajstić information content (AvgIpc) is 2.59. The Morgan fingerprint density at radius 2 is 1.52 bits per heavy atom. The first-order valence-electron chi connectivity index (χ1n) is 6.54. The van der Waals surface area contributed by atoms with Crippen molar-refractivity contribution in [3.63, 3.8) is 0 Å². The van der Waals surface area contributed by atoms with E-state index in [1.807, 2.05) is 0 Å². The molecule has 7 heteroatoms. The standard InChI is InChI=1S/C16H13NO6/c1-22-13-8-11(12(17(20)21)9-14(13)23-2)16(19)15(18)10-6-4-3-5-7-10/h3-9H,1-2H3. The smallest absolute Gasteiger partial charge is 0.284 e. The lowest BCUT2D eigenvalue weighted by molar-refractivity contribution is -0.385. The van der Waals surface area contributed by atoms with Gasteiger partial charge in [-0.25, -0.2) is 0 Å². The normalized spacial score (nSPS) is 10.0. The van der Waals surface area contributed by atoms with E-state index in [0.717, 1.165) is 12.1 Å². The lowest BCUT2D eigenvalue weighted by Crippen LogP contribution is -2.16. The summed E-state index contributed by atoms with van der Waals surface area (Å²) in [5.41, 5.74) is -0.708. The number of hydrogen-bond donors (Lipinski definition) is 0. The summed E-state index contributed by atoms with van der Waals surface area (Å²) in [6, 6.07) is 10.0. The van der Waals surface area contributed by atoms with E-state index in [1.165, 1.54) is 26.4 Å². The molecule has 0 spiro atoms. The van der Waals surface area contributed by atoms with Gasteiger partial charge in [-0.3, -0.25) is 19.7 Å². The van der Waals surface area contributed by atoms with Gasteiger partial charge in [-0.15, -0.1) is 0 Å². The molecule has 118 valence electrons. The van der Waals surface area contributed by atoms with Gasteiger partial charge in [0, 0.05) is 11.6 Å². The summed E-state index contributed by atoms with van der Waals surface area (Å²) in [6.07, 6.45) is 0. The molecule has 0 saturated heterocycles. The fourth-order valence-electron chi connectivity index (χ4n) is 2.04. The zero-order valence-electron chi connectivity index (χ0n) is 12.4. The number of benzene rings is 2. The second-order valence-electron chi connectivity index (χ2n) is 4.51. The lowest BCUT2D eigenvalue weighted by Gasteiger charge is -2.09. The van der Waals surface area contributed by atoms with E-state index in [0.29, 0.717) is 0 Å². The molecule has 0 unspecified atom stereocenters. The molecule has 23 heavy (non-hydrogen) atoms. The number of Topliss-reactive ketones (excluding diaryl/α,β-unsaturated/α-hetero) is 2. The summed E-state index contributed by atoms with van der Waals surface area (Å²) in [5.74, 6) is -1.59. The SMILES string of the molecule is COc1cc(C(=O)C(=O)c2ccccc2)c([N+](=O)[O-])cc1OC. The molecule has 0 aliphatic rings. The number of carbonyl (C=O) groups is 2. The van der Waals surface area contributed by atoms with Gasteiger partial charge < -0.3 is 9.47 Å². The Balaban J connectivity index is 2.55. The fraction of sp³-hybridized carbons (Fsp3) is 0.125. The Labute approximate surface area is 131 Å². The van der Waals surface area contributed by atoms with Crippen LogP contribution in [0.2, 0.25) is 0 Å². The van der Waals surface area contributed by atoms with E-state index in [-0.39, 0.29) is 22.6 Å². The molecule has 0 atom stereocenters. The largest absolute Gasteiger partial charge is 0.493 e. The van der Waals surface area contributed by atoms with Crippen molar-refractivity contribution in [3.05, 3.63) is 63.7 Å². The Bertz CT molecular complexity index is 770.